The molecule has 0 aliphatic heterocycles. The first-order valence-electron chi connectivity index (χ1n) is 7.99. The van der Waals surface area contributed by atoms with Crippen LogP contribution >= 0.6 is 11.6 Å². The highest BCUT2D eigenvalue weighted by Crippen LogP contribution is 2.16. The fraction of sp³-hybridized carbons (Fsp3) is 0.368. The molecule has 2 aromatic carbocycles. The van der Waals surface area contributed by atoms with E-state index in [-0.39, 0.29) is 18.5 Å². The van der Waals surface area contributed by atoms with Crippen LogP contribution in [0, 0.1) is 5.82 Å². The van der Waals surface area contributed by atoms with Crippen LogP contribution in [-0.2, 0) is 6.54 Å². The van der Waals surface area contributed by atoms with E-state index in [0.717, 1.165) is 0 Å². The molecule has 0 aliphatic rings. The Morgan fingerprint density at radius 3 is 2.42 bits per heavy atom. The number of aliphatic hydroxyl groups excluding tert-OH is 1. The second-order valence-corrected chi connectivity index (χ2v) is 6.47. The van der Waals surface area contributed by atoms with Crippen molar-refractivity contribution >= 4 is 11.6 Å². The van der Waals surface area contributed by atoms with Gasteiger partial charge in [0, 0.05) is 29.7 Å². The fourth-order valence-corrected chi connectivity index (χ4v) is 2.48. The summed E-state index contributed by atoms with van der Waals surface area (Å²) in [5, 5.41) is 10.9. The van der Waals surface area contributed by atoms with Crippen LogP contribution in [0.1, 0.15) is 19.4 Å². The van der Waals surface area contributed by atoms with E-state index in [4.69, 9.17) is 16.3 Å². The molecule has 2 aromatic rings. The topological polar surface area (TPSA) is 32.7 Å². The zero-order valence-corrected chi connectivity index (χ0v) is 14.7. The number of benzene rings is 2. The maximum atomic E-state index is 13.8. The molecular formula is C19H23ClFNO2. The van der Waals surface area contributed by atoms with Crippen molar-refractivity contribution in [3.05, 3.63) is 64.9 Å². The smallest absolute Gasteiger partial charge is 0.127 e. The normalized spacial score (nSPS) is 12.6. The van der Waals surface area contributed by atoms with Crippen molar-refractivity contribution in [2.75, 3.05) is 13.2 Å². The lowest BCUT2D eigenvalue weighted by molar-refractivity contribution is 0.0539. The van der Waals surface area contributed by atoms with Gasteiger partial charge in [0.25, 0.3) is 0 Å². The predicted molar refractivity (Wildman–Crippen MR) is 94.9 cm³/mol. The molecule has 0 fully saturated rings. The van der Waals surface area contributed by atoms with E-state index in [1.807, 2.05) is 24.8 Å². The molecule has 0 unspecified atom stereocenters. The van der Waals surface area contributed by atoms with Gasteiger partial charge >= 0.3 is 0 Å². The van der Waals surface area contributed by atoms with Gasteiger partial charge in [-0.2, -0.15) is 0 Å². The number of halogens is 2. The molecule has 2 rings (SSSR count). The summed E-state index contributed by atoms with van der Waals surface area (Å²) in [7, 11) is 0. The van der Waals surface area contributed by atoms with Crippen LogP contribution in [0.15, 0.2) is 48.5 Å². The van der Waals surface area contributed by atoms with Gasteiger partial charge in [-0.1, -0.05) is 29.8 Å². The van der Waals surface area contributed by atoms with Gasteiger partial charge in [-0.25, -0.2) is 4.39 Å². The molecule has 1 atom stereocenters. The van der Waals surface area contributed by atoms with Crippen LogP contribution < -0.4 is 4.74 Å². The van der Waals surface area contributed by atoms with Gasteiger partial charge in [-0.15, -0.1) is 0 Å². The molecule has 0 radical (unpaired) electrons. The first kappa shape index (κ1) is 18.7. The van der Waals surface area contributed by atoms with E-state index < -0.39 is 6.10 Å². The summed E-state index contributed by atoms with van der Waals surface area (Å²) in [6.45, 7) is 5.06. The summed E-state index contributed by atoms with van der Waals surface area (Å²) >= 11 is 5.83. The minimum atomic E-state index is -0.671. The molecule has 0 saturated heterocycles. The Kier molecular flexibility index (Phi) is 7.03. The monoisotopic (exact) mass is 351 g/mol. The Bertz CT molecular complexity index is 634. The van der Waals surface area contributed by atoms with Crippen LogP contribution in [0.25, 0.3) is 0 Å². The molecule has 0 saturated carbocycles. The van der Waals surface area contributed by atoms with E-state index in [9.17, 15) is 9.50 Å². The van der Waals surface area contributed by atoms with Crippen molar-refractivity contribution in [1.82, 2.24) is 4.90 Å². The zero-order chi connectivity index (χ0) is 17.5. The minimum Gasteiger partial charge on any atom is -0.491 e. The Hall–Kier alpha value is -1.62. The number of nitrogens with zero attached hydrogens (tertiary/aromatic N) is 1. The summed E-state index contributed by atoms with van der Waals surface area (Å²) in [5.41, 5.74) is 0.622. The van der Waals surface area contributed by atoms with Gasteiger partial charge in [-0.05, 0) is 44.2 Å². The lowest BCUT2D eigenvalue weighted by Crippen LogP contribution is -2.39. The summed E-state index contributed by atoms with van der Waals surface area (Å²) < 4.78 is 19.4. The molecule has 130 valence electrons. The van der Waals surface area contributed by atoms with E-state index in [2.05, 4.69) is 0 Å². The molecule has 0 amide bonds. The predicted octanol–water partition coefficient (Wildman–Crippen LogP) is 4.13. The van der Waals surface area contributed by atoms with Crippen molar-refractivity contribution in [2.24, 2.45) is 0 Å². The molecule has 24 heavy (non-hydrogen) atoms. The van der Waals surface area contributed by atoms with Crippen LogP contribution in [0.3, 0.4) is 0 Å². The number of ether oxygens (including phenoxy) is 1. The number of hydrogen-bond acceptors (Lipinski definition) is 3. The molecule has 5 heteroatoms. The van der Waals surface area contributed by atoms with Crippen LogP contribution in [0.4, 0.5) is 4.39 Å². The highest BCUT2D eigenvalue weighted by atomic mass is 35.5. The lowest BCUT2D eigenvalue weighted by Gasteiger charge is -2.29. The highest BCUT2D eigenvalue weighted by Gasteiger charge is 2.17. The van der Waals surface area contributed by atoms with Gasteiger partial charge in [0.1, 0.15) is 24.3 Å². The van der Waals surface area contributed by atoms with Crippen molar-refractivity contribution in [3.8, 4) is 5.75 Å². The van der Waals surface area contributed by atoms with Gasteiger partial charge in [0.2, 0.25) is 0 Å². The Morgan fingerprint density at radius 2 is 1.79 bits per heavy atom. The molecule has 0 spiro atoms. The Labute approximate surface area is 147 Å². The fourth-order valence-electron chi connectivity index (χ4n) is 2.35. The minimum absolute atomic E-state index is 0.169. The Morgan fingerprint density at radius 1 is 1.12 bits per heavy atom. The molecule has 1 N–H and O–H groups in total. The van der Waals surface area contributed by atoms with Gasteiger partial charge in [0.15, 0.2) is 0 Å². The summed E-state index contributed by atoms with van der Waals surface area (Å²) in [6, 6.07) is 13.9. The third-order valence-corrected chi connectivity index (χ3v) is 4.01. The average molecular weight is 352 g/mol. The summed E-state index contributed by atoms with van der Waals surface area (Å²) in [4.78, 5) is 2.02. The van der Waals surface area contributed by atoms with E-state index >= 15 is 0 Å². The van der Waals surface area contributed by atoms with Gasteiger partial charge in [0.05, 0.1) is 0 Å². The van der Waals surface area contributed by atoms with Crippen molar-refractivity contribution in [1.29, 1.82) is 0 Å². The molecular weight excluding hydrogens is 329 g/mol. The van der Waals surface area contributed by atoms with Gasteiger partial charge in [-0.3, -0.25) is 4.90 Å². The maximum absolute atomic E-state index is 13.8. The van der Waals surface area contributed by atoms with Gasteiger partial charge < -0.3 is 9.84 Å². The zero-order valence-electron chi connectivity index (χ0n) is 14.0. The van der Waals surface area contributed by atoms with E-state index in [1.165, 1.54) is 6.07 Å². The second-order valence-electron chi connectivity index (χ2n) is 6.03. The third kappa shape index (κ3) is 5.78. The quantitative estimate of drug-likeness (QED) is 0.776. The third-order valence-electron chi connectivity index (χ3n) is 3.76. The first-order valence-corrected chi connectivity index (χ1v) is 8.37. The van der Waals surface area contributed by atoms with Crippen LogP contribution in [-0.4, -0.2) is 35.3 Å². The van der Waals surface area contributed by atoms with Crippen molar-refractivity contribution in [2.45, 2.75) is 32.5 Å². The molecule has 0 bridgehead atoms. The largest absolute Gasteiger partial charge is 0.491 e. The van der Waals surface area contributed by atoms with Crippen molar-refractivity contribution in [3.63, 3.8) is 0 Å². The second kappa shape index (κ2) is 9.02. The average Bonchev–Trinajstić information content (AvgIpc) is 2.55. The first-order chi connectivity index (χ1) is 11.5. The standard InChI is InChI=1S/C19H23ClFNO2/c1-14(2)22(11-15-5-3-4-6-19(15)21)12-17(23)13-24-18-9-7-16(20)8-10-18/h3-10,14,17,23H,11-13H2,1-2H3/t17-/m1/s1. The Balaban J connectivity index is 1.89. The number of rotatable bonds is 8. The van der Waals surface area contributed by atoms with E-state index in [1.54, 1.807) is 36.4 Å². The van der Waals surface area contributed by atoms with Crippen LogP contribution in [0.2, 0.25) is 5.02 Å². The lowest BCUT2D eigenvalue weighted by atomic mass is 10.1. The van der Waals surface area contributed by atoms with E-state index in [0.29, 0.717) is 29.4 Å². The summed E-state index contributed by atoms with van der Waals surface area (Å²) in [5.74, 6) is 0.429. The van der Waals surface area contributed by atoms with Crippen LogP contribution in [0.5, 0.6) is 5.75 Å². The molecule has 3 nitrogen and oxygen atoms in total. The van der Waals surface area contributed by atoms with Crippen molar-refractivity contribution < 1.29 is 14.2 Å². The highest BCUT2D eigenvalue weighted by molar-refractivity contribution is 6.30. The SMILES string of the molecule is CC(C)N(Cc1ccccc1F)C[C@@H](O)COc1ccc(Cl)cc1. The molecule has 0 aromatic heterocycles. The molecule has 0 heterocycles. The number of aliphatic hydroxyl groups is 1. The molecule has 0 aliphatic carbocycles. The summed E-state index contributed by atoms with van der Waals surface area (Å²) in [6.07, 6.45) is -0.671. The maximum Gasteiger partial charge on any atom is 0.127 e. The number of hydrogen-bond donors (Lipinski definition) is 1.